The van der Waals surface area contributed by atoms with Crippen LogP contribution in [0, 0.1) is 0 Å². The Hall–Kier alpha value is -1.93. The molecule has 1 aliphatic carbocycles. The first-order chi connectivity index (χ1) is 8.31. The van der Waals surface area contributed by atoms with Gasteiger partial charge in [0.05, 0.1) is 0 Å². The molecule has 0 atom stereocenters. The molecule has 4 nitrogen and oxygen atoms in total. The summed E-state index contributed by atoms with van der Waals surface area (Å²) in [6.45, 7) is -0.203. The smallest absolute Gasteiger partial charge is 0.294 e. The van der Waals surface area contributed by atoms with Crippen LogP contribution in [0.5, 0.6) is 5.75 Å². The summed E-state index contributed by atoms with van der Waals surface area (Å²) in [4.78, 5) is 23.9. The van der Waals surface area contributed by atoms with E-state index in [2.05, 4.69) is 11.1 Å². The Bertz CT molecular complexity index is 476. The summed E-state index contributed by atoms with van der Waals surface area (Å²) < 4.78 is 5.40. The second-order valence-corrected chi connectivity index (χ2v) is 3.99. The molecule has 0 radical (unpaired) electrons. The number of hydrogen-bond acceptors (Lipinski definition) is 3. The van der Waals surface area contributed by atoms with Crippen LogP contribution in [0.25, 0.3) is 0 Å². The van der Waals surface area contributed by atoms with Gasteiger partial charge in [0.2, 0.25) is 6.08 Å². The Labute approximate surface area is 99.3 Å². The predicted octanol–water partition coefficient (Wildman–Crippen LogP) is 1.81. The maximum absolute atomic E-state index is 11.0. The molecule has 0 saturated carbocycles. The highest BCUT2D eigenvalue weighted by Gasteiger charge is 2.14. The van der Waals surface area contributed by atoms with Gasteiger partial charge in [-0.05, 0) is 42.9 Å². The summed E-state index contributed by atoms with van der Waals surface area (Å²) in [7, 11) is 0. The van der Waals surface area contributed by atoms with Crippen molar-refractivity contribution in [3.8, 4) is 5.75 Å². The number of hydrogen-bond donors (Lipinski definition) is 0. The number of rotatable bonds is 3. The zero-order valence-corrected chi connectivity index (χ0v) is 9.44. The summed E-state index contributed by atoms with van der Waals surface area (Å²) in [6, 6.07) is 5.86. The molecule has 1 aliphatic rings. The zero-order valence-electron chi connectivity index (χ0n) is 9.44. The van der Waals surface area contributed by atoms with Crippen LogP contribution >= 0.6 is 0 Å². The van der Waals surface area contributed by atoms with Gasteiger partial charge in [-0.3, -0.25) is 4.79 Å². The fraction of sp³-hybridized carbons (Fsp3) is 0.385. The third-order valence-electron chi connectivity index (χ3n) is 2.87. The van der Waals surface area contributed by atoms with Gasteiger partial charge in [-0.25, -0.2) is 4.79 Å². The number of isocyanates is 1. The van der Waals surface area contributed by atoms with Crippen LogP contribution in [-0.4, -0.2) is 18.6 Å². The molecular formula is C13H13NO3. The maximum Gasteiger partial charge on any atom is 0.294 e. The van der Waals surface area contributed by atoms with Crippen molar-refractivity contribution < 1.29 is 14.3 Å². The van der Waals surface area contributed by atoms with Crippen molar-refractivity contribution in [3.05, 3.63) is 29.3 Å². The van der Waals surface area contributed by atoms with Gasteiger partial charge in [-0.15, -0.1) is 4.99 Å². The quantitative estimate of drug-likeness (QED) is 0.588. The topological polar surface area (TPSA) is 55.7 Å². The van der Waals surface area contributed by atoms with Gasteiger partial charge in [-0.1, -0.05) is 12.1 Å². The van der Waals surface area contributed by atoms with E-state index in [1.807, 2.05) is 12.1 Å². The van der Waals surface area contributed by atoms with Crippen LogP contribution < -0.4 is 4.74 Å². The first-order valence-corrected chi connectivity index (χ1v) is 5.65. The van der Waals surface area contributed by atoms with E-state index >= 15 is 0 Å². The molecule has 0 bridgehead atoms. The van der Waals surface area contributed by atoms with Crippen LogP contribution in [0.4, 0.5) is 0 Å². The Balaban J connectivity index is 2.10. The van der Waals surface area contributed by atoms with Gasteiger partial charge in [0.1, 0.15) is 5.75 Å². The largest absolute Gasteiger partial charge is 0.483 e. The normalized spacial score (nSPS) is 13.4. The van der Waals surface area contributed by atoms with Crippen molar-refractivity contribution in [1.29, 1.82) is 0 Å². The van der Waals surface area contributed by atoms with E-state index in [4.69, 9.17) is 4.74 Å². The summed E-state index contributed by atoms with van der Waals surface area (Å²) >= 11 is 0. The van der Waals surface area contributed by atoms with Gasteiger partial charge < -0.3 is 4.74 Å². The van der Waals surface area contributed by atoms with E-state index in [-0.39, 0.29) is 6.61 Å². The van der Waals surface area contributed by atoms with Crippen molar-refractivity contribution in [2.45, 2.75) is 25.7 Å². The van der Waals surface area contributed by atoms with Gasteiger partial charge in [-0.2, -0.15) is 0 Å². The minimum absolute atomic E-state index is 0.203. The summed E-state index contributed by atoms with van der Waals surface area (Å²) in [5, 5.41) is 0. The van der Waals surface area contributed by atoms with E-state index < -0.39 is 5.91 Å². The van der Waals surface area contributed by atoms with E-state index in [1.165, 1.54) is 23.6 Å². The van der Waals surface area contributed by atoms with Crippen molar-refractivity contribution in [3.63, 3.8) is 0 Å². The predicted molar refractivity (Wildman–Crippen MR) is 61.7 cm³/mol. The molecule has 0 aliphatic heterocycles. The number of ether oxygens (including phenoxy) is 1. The highest BCUT2D eigenvalue weighted by molar-refractivity contribution is 5.82. The first kappa shape index (κ1) is 11.6. The zero-order chi connectivity index (χ0) is 12.1. The SMILES string of the molecule is O=C=NC(=O)COc1cccc2c1CCCC2. The average Bonchev–Trinajstić information content (AvgIpc) is 2.36. The fourth-order valence-corrected chi connectivity index (χ4v) is 2.10. The van der Waals surface area contributed by atoms with Crippen LogP contribution in [0.2, 0.25) is 0 Å². The highest BCUT2D eigenvalue weighted by atomic mass is 16.5. The number of carbonyl (C=O) groups excluding carboxylic acids is 2. The number of aryl methyl sites for hydroxylation is 1. The molecule has 0 heterocycles. The average molecular weight is 231 g/mol. The number of benzene rings is 1. The molecule has 0 N–H and O–H groups in total. The molecule has 1 aromatic carbocycles. The van der Waals surface area contributed by atoms with Gasteiger partial charge in [0.15, 0.2) is 6.61 Å². The Morgan fingerprint density at radius 1 is 1.35 bits per heavy atom. The van der Waals surface area contributed by atoms with Crippen molar-refractivity contribution in [2.24, 2.45) is 4.99 Å². The number of amides is 1. The maximum atomic E-state index is 11.0. The van der Waals surface area contributed by atoms with Gasteiger partial charge >= 0.3 is 0 Å². The third kappa shape index (κ3) is 2.80. The van der Waals surface area contributed by atoms with Crippen molar-refractivity contribution >= 4 is 12.0 Å². The minimum atomic E-state index is -0.603. The molecule has 2 rings (SSSR count). The summed E-state index contributed by atoms with van der Waals surface area (Å²) in [6.07, 6.45) is 5.60. The molecule has 1 aromatic rings. The third-order valence-corrected chi connectivity index (χ3v) is 2.87. The molecular weight excluding hydrogens is 218 g/mol. The molecule has 0 saturated heterocycles. The standard InChI is InChI=1S/C13H13NO3/c15-9-14-13(16)8-17-12-7-3-5-10-4-1-2-6-11(10)12/h3,5,7H,1-2,4,6,8H2. The minimum Gasteiger partial charge on any atom is -0.483 e. The second kappa shape index (κ2) is 5.41. The number of fused-ring (bicyclic) bond motifs is 1. The van der Waals surface area contributed by atoms with Crippen molar-refractivity contribution in [1.82, 2.24) is 0 Å². The number of aliphatic imine (C=N–C) groups is 1. The molecule has 0 spiro atoms. The van der Waals surface area contributed by atoms with Crippen LogP contribution in [0.3, 0.4) is 0 Å². The van der Waals surface area contributed by atoms with E-state index in [0.717, 1.165) is 25.0 Å². The Morgan fingerprint density at radius 3 is 3.00 bits per heavy atom. The van der Waals surface area contributed by atoms with Crippen LogP contribution in [0.1, 0.15) is 24.0 Å². The van der Waals surface area contributed by atoms with E-state index in [9.17, 15) is 9.59 Å². The van der Waals surface area contributed by atoms with E-state index in [1.54, 1.807) is 0 Å². The molecule has 17 heavy (non-hydrogen) atoms. The molecule has 0 unspecified atom stereocenters. The number of nitrogens with zero attached hydrogens (tertiary/aromatic N) is 1. The van der Waals surface area contributed by atoms with Gasteiger partial charge in [0.25, 0.3) is 5.91 Å². The lowest BCUT2D eigenvalue weighted by molar-refractivity contribution is -0.119. The highest BCUT2D eigenvalue weighted by Crippen LogP contribution is 2.29. The second-order valence-electron chi connectivity index (χ2n) is 3.99. The summed E-state index contributed by atoms with van der Waals surface area (Å²) in [5.74, 6) is 0.130. The fourth-order valence-electron chi connectivity index (χ4n) is 2.10. The lowest BCUT2D eigenvalue weighted by Gasteiger charge is -2.18. The molecule has 88 valence electrons. The summed E-state index contributed by atoms with van der Waals surface area (Å²) in [5.41, 5.74) is 2.47. The van der Waals surface area contributed by atoms with Gasteiger partial charge in [0, 0.05) is 0 Å². The Morgan fingerprint density at radius 2 is 2.18 bits per heavy atom. The molecule has 4 heteroatoms. The monoisotopic (exact) mass is 231 g/mol. The first-order valence-electron chi connectivity index (χ1n) is 5.65. The van der Waals surface area contributed by atoms with E-state index in [0.29, 0.717) is 0 Å². The van der Waals surface area contributed by atoms with Crippen LogP contribution in [-0.2, 0) is 22.4 Å². The van der Waals surface area contributed by atoms with Crippen molar-refractivity contribution in [2.75, 3.05) is 6.61 Å². The molecule has 1 amide bonds. The molecule has 0 aromatic heterocycles. The van der Waals surface area contributed by atoms with Crippen LogP contribution in [0.15, 0.2) is 23.2 Å². The Kier molecular flexibility index (Phi) is 3.68. The lowest BCUT2D eigenvalue weighted by atomic mass is 9.91. The molecule has 0 fully saturated rings. The lowest BCUT2D eigenvalue weighted by Crippen LogP contribution is -2.11. The number of carbonyl (C=O) groups is 1.